The Balaban J connectivity index is 1.69. The van der Waals surface area contributed by atoms with Gasteiger partial charge in [-0.1, -0.05) is 28.1 Å². The maximum absolute atomic E-state index is 12.5. The second-order valence-electron chi connectivity index (χ2n) is 6.47. The Morgan fingerprint density at radius 2 is 1.76 bits per heavy atom. The van der Waals surface area contributed by atoms with E-state index in [0.29, 0.717) is 42.5 Å². The van der Waals surface area contributed by atoms with E-state index in [1.54, 1.807) is 26.2 Å². The molecule has 0 N–H and O–H groups in total. The molecule has 154 valence electrons. The minimum Gasteiger partial charge on any atom is -0.496 e. The lowest BCUT2D eigenvalue weighted by molar-refractivity contribution is -0.132. The van der Waals surface area contributed by atoms with Gasteiger partial charge in [0, 0.05) is 29.7 Å². The highest BCUT2D eigenvalue weighted by atomic mass is 79.9. The zero-order chi connectivity index (χ0) is 20.8. The Bertz CT molecular complexity index is 887. The van der Waals surface area contributed by atoms with Gasteiger partial charge in [-0.2, -0.15) is 0 Å². The van der Waals surface area contributed by atoms with Gasteiger partial charge >= 0.3 is 0 Å². The first-order chi connectivity index (χ1) is 14.0. The van der Waals surface area contributed by atoms with Gasteiger partial charge in [-0.3, -0.25) is 4.79 Å². The monoisotopic (exact) mass is 461 g/mol. The quantitative estimate of drug-likeness (QED) is 0.619. The summed E-state index contributed by atoms with van der Waals surface area (Å²) in [5.74, 6) is 2.65. The molecule has 0 saturated carbocycles. The van der Waals surface area contributed by atoms with Crippen LogP contribution in [0.25, 0.3) is 5.57 Å². The molecule has 29 heavy (non-hydrogen) atoms. The molecule has 0 aliphatic carbocycles. The molecule has 1 aliphatic rings. The van der Waals surface area contributed by atoms with E-state index in [-0.39, 0.29) is 12.5 Å². The minimum atomic E-state index is -0.0473. The van der Waals surface area contributed by atoms with E-state index in [2.05, 4.69) is 15.9 Å². The fraction of sp³-hybridized carbons (Fsp3) is 0.318. The molecule has 2 aromatic rings. The van der Waals surface area contributed by atoms with Gasteiger partial charge in [0.25, 0.3) is 5.91 Å². The molecule has 0 saturated heterocycles. The van der Waals surface area contributed by atoms with E-state index in [4.69, 9.17) is 18.9 Å². The summed E-state index contributed by atoms with van der Waals surface area (Å²) in [6, 6.07) is 11.1. The second kappa shape index (κ2) is 9.69. The summed E-state index contributed by atoms with van der Waals surface area (Å²) in [6.45, 7) is 1.12. The highest BCUT2D eigenvalue weighted by Gasteiger charge is 2.23. The van der Waals surface area contributed by atoms with Crippen molar-refractivity contribution in [3.05, 3.63) is 52.5 Å². The molecular formula is C22H24BrNO5. The van der Waals surface area contributed by atoms with Crippen molar-refractivity contribution in [2.24, 2.45) is 0 Å². The largest absolute Gasteiger partial charge is 0.496 e. The van der Waals surface area contributed by atoms with Crippen molar-refractivity contribution in [1.29, 1.82) is 0 Å². The van der Waals surface area contributed by atoms with Crippen molar-refractivity contribution in [1.82, 2.24) is 4.90 Å². The van der Waals surface area contributed by atoms with Gasteiger partial charge in [-0.15, -0.1) is 0 Å². The van der Waals surface area contributed by atoms with Crippen LogP contribution in [0.2, 0.25) is 0 Å². The number of hydrogen-bond donors (Lipinski definition) is 0. The number of amides is 1. The lowest BCUT2D eigenvalue weighted by atomic mass is 9.97. The number of rotatable bonds is 7. The zero-order valence-corrected chi connectivity index (χ0v) is 18.3. The average Bonchev–Trinajstić information content (AvgIpc) is 2.76. The number of methoxy groups -OCH3 is 3. The van der Waals surface area contributed by atoms with Gasteiger partial charge < -0.3 is 23.8 Å². The van der Waals surface area contributed by atoms with E-state index in [0.717, 1.165) is 15.6 Å². The van der Waals surface area contributed by atoms with E-state index in [9.17, 15) is 4.79 Å². The Morgan fingerprint density at radius 3 is 2.31 bits per heavy atom. The first-order valence-corrected chi connectivity index (χ1v) is 10.0. The van der Waals surface area contributed by atoms with Crippen LogP contribution < -0.4 is 18.9 Å². The number of benzene rings is 2. The van der Waals surface area contributed by atoms with E-state index < -0.39 is 0 Å². The van der Waals surface area contributed by atoms with Crippen LogP contribution in [0, 0.1) is 0 Å². The number of halogens is 1. The molecule has 7 heteroatoms. The minimum absolute atomic E-state index is 0.00873. The van der Waals surface area contributed by atoms with Crippen molar-refractivity contribution in [2.45, 2.75) is 6.42 Å². The topological polar surface area (TPSA) is 57.2 Å². The first kappa shape index (κ1) is 21.0. The summed E-state index contributed by atoms with van der Waals surface area (Å²) < 4.78 is 22.9. The Kier molecular flexibility index (Phi) is 7.04. The third-order valence-corrected chi connectivity index (χ3v) is 5.25. The number of carbonyl (C=O) groups is 1. The SMILES string of the molecule is COc1cc(OC)c(C2=CCN(C(=O)COc3cccc(Br)c3)CC2)c(OC)c1. The molecule has 1 amide bonds. The third kappa shape index (κ3) is 5.03. The van der Waals surface area contributed by atoms with Crippen molar-refractivity contribution < 1.29 is 23.7 Å². The van der Waals surface area contributed by atoms with Gasteiger partial charge in [-0.05, 0) is 30.2 Å². The molecule has 0 atom stereocenters. The van der Waals surface area contributed by atoms with Crippen LogP contribution in [0.4, 0.5) is 0 Å². The van der Waals surface area contributed by atoms with Crippen LogP contribution in [0.15, 0.2) is 46.9 Å². The molecule has 2 aromatic carbocycles. The van der Waals surface area contributed by atoms with Crippen LogP contribution in [0.1, 0.15) is 12.0 Å². The second-order valence-corrected chi connectivity index (χ2v) is 7.39. The Morgan fingerprint density at radius 1 is 1.03 bits per heavy atom. The number of carbonyl (C=O) groups excluding carboxylic acids is 1. The molecule has 3 rings (SSSR count). The summed E-state index contributed by atoms with van der Waals surface area (Å²) in [5, 5.41) is 0. The number of ether oxygens (including phenoxy) is 4. The van der Waals surface area contributed by atoms with Gasteiger partial charge in [0.05, 0.1) is 26.9 Å². The van der Waals surface area contributed by atoms with Crippen LogP contribution in [0.3, 0.4) is 0 Å². The first-order valence-electron chi connectivity index (χ1n) is 9.21. The predicted molar refractivity (Wildman–Crippen MR) is 115 cm³/mol. The third-order valence-electron chi connectivity index (χ3n) is 4.76. The zero-order valence-electron chi connectivity index (χ0n) is 16.7. The van der Waals surface area contributed by atoms with Crippen LogP contribution >= 0.6 is 15.9 Å². The molecule has 1 aliphatic heterocycles. The molecule has 0 bridgehead atoms. The van der Waals surface area contributed by atoms with E-state index in [1.807, 2.05) is 42.5 Å². The lowest BCUT2D eigenvalue weighted by Crippen LogP contribution is -2.37. The standard InChI is InChI=1S/C22H24BrNO5/c1-26-18-12-19(27-2)22(20(13-18)28-3)15-7-9-24(10-8-15)21(25)14-29-17-6-4-5-16(23)11-17/h4-7,11-13H,8-10,14H2,1-3H3. The fourth-order valence-electron chi connectivity index (χ4n) is 3.24. The molecule has 0 aromatic heterocycles. The molecule has 0 unspecified atom stereocenters. The van der Waals surface area contributed by atoms with E-state index >= 15 is 0 Å². The summed E-state index contributed by atoms with van der Waals surface area (Å²) >= 11 is 3.40. The molecule has 6 nitrogen and oxygen atoms in total. The van der Waals surface area contributed by atoms with Gasteiger partial charge in [0.1, 0.15) is 23.0 Å². The summed E-state index contributed by atoms with van der Waals surface area (Å²) in [4.78, 5) is 14.3. The lowest BCUT2D eigenvalue weighted by Gasteiger charge is -2.28. The Labute approximate surface area is 179 Å². The Hall–Kier alpha value is -2.67. The van der Waals surface area contributed by atoms with Crippen molar-refractivity contribution in [2.75, 3.05) is 41.0 Å². The average molecular weight is 462 g/mol. The molecule has 1 heterocycles. The smallest absolute Gasteiger partial charge is 0.260 e. The molecular weight excluding hydrogens is 438 g/mol. The van der Waals surface area contributed by atoms with Gasteiger partial charge in [0.2, 0.25) is 0 Å². The highest BCUT2D eigenvalue weighted by Crippen LogP contribution is 2.40. The van der Waals surface area contributed by atoms with Crippen LogP contribution in [0.5, 0.6) is 23.0 Å². The van der Waals surface area contributed by atoms with E-state index in [1.165, 1.54) is 0 Å². The normalized spacial score (nSPS) is 13.5. The maximum atomic E-state index is 12.5. The van der Waals surface area contributed by atoms with Crippen LogP contribution in [-0.2, 0) is 4.79 Å². The summed E-state index contributed by atoms with van der Waals surface area (Å²) in [6.07, 6.45) is 2.73. The van der Waals surface area contributed by atoms with Crippen molar-refractivity contribution in [3.63, 3.8) is 0 Å². The molecule has 0 fully saturated rings. The molecule has 0 radical (unpaired) electrons. The highest BCUT2D eigenvalue weighted by molar-refractivity contribution is 9.10. The molecule has 0 spiro atoms. The number of nitrogens with zero attached hydrogens (tertiary/aromatic N) is 1. The van der Waals surface area contributed by atoms with Gasteiger partial charge in [0.15, 0.2) is 6.61 Å². The fourth-order valence-corrected chi connectivity index (χ4v) is 3.62. The van der Waals surface area contributed by atoms with Gasteiger partial charge in [-0.25, -0.2) is 0 Å². The summed E-state index contributed by atoms with van der Waals surface area (Å²) in [7, 11) is 4.85. The number of hydrogen-bond acceptors (Lipinski definition) is 5. The summed E-state index contributed by atoms with van der Waals surface area (Å²) in [5.41, 5.74) is 1.98. The van der Waals surface area contributed by atoms with Crippen molar-refractivity contribution >= 4 is 27.4 Å². The maximum Gasteiger partial charge on any atom is 0.260 e. The van der Waals surface area contributed by atoms with Crippen molar-refractivity contribution in [3.8, 4) is 23.0 Å². The van der Waals surface area contributed by atoms with Crippen LogP contribution in [-0.4, -0.2) is 51.8 Å². The predicted octanol–water partition coefficient (Wildman–Crippen LogP) is 4.17.